The number of nitrogens with one attached hydrogen (secondary N) is 1. The zero-order valence-electron chi connectivity index (χ0n) is 15.8. The van der Waals surface area contributed by atoms with Gasteiger partial charge in [0.2, 0.25) is 5.91 Å². The van der Waals surface area contributed by atoms with E-state index in [0.717, 1.165) is 22.6 Å². The van der Waals surface area contributed by atoms with Crippen molar-refractivity contribution in [1.29, 1.82) is 0 Å². The molecule has 5 nitrogen and oxygen atoms in total. The molecule has 0 radical (unpaired) electrons. The molecule has 1 atom stereocenters. The maximum atomic E-state index is 12.4. The Morgan fingerprint density at radius 1 is 0.857 bits per heavy atom. The zero-order valence-corrected chi connectivity index (χ0v) is 15.8. The van der Waals surface area contributed by atoms with Crippen molar-refractivity contribution in [2.24, 2.45) is 0 Å². The number of hydrogen-bond acceptors (Lipinski definition) is 4. The van der Waals surface area contributed by atoms with Crippen LogP contribution in [-0.4, -0.2) is 20.1 Å². The third-order valence-electron chi connectivity index (χ3n) is 4.82. The molecule has 0 saturated carbocycles. The number of benzene rings is 3. The van der Waals surface area contributed by atoms with Gasteiger partial charge in [-0.25, -0.2) is 0 Å². The van der Waals surface area contributed by atoms with Crippen LogP contribution in [0.15, 0.2) is 66.7 Å². The van der Waals surface area contributed by atoms with E-state index in [1.54, 1.807) is 14.2 Å². The van der Waals surface area contributed by atoms with Crippen LogP contribution in [0.5, 0.6) is 23.0 Å². The summed E-state index contributed by atoms with van der Waals surface area (Å²) in [6, 6.07) is 21.1. The van der Waals surface area contributed by atoms with Crippen molar-refractivity contribution in [1.82, 2.24) is 0 Å². The largest absolute Gasteiger partial charge is 0.497 e. The molecule has 4 rings (SSSR count). The summed E-state index contributed by atoms with van der Waals surface area (Å²) in [7, 11) is 3.21. The zero-order chi connectivity index (χ0) is 19.5. The highest BCUT2D eigenvalue weighted by Gasteiger charge is 2.30. The minimum atomic E-state index is -0.135. The highest BCUT2D eigenvalue weighted by atomic mass is 16.5. The van der Waals surface area contributed by atoms with Crippen LogP contribution in [-0.2, 0) is 4.79 Å². The average Bonchev–Trinajstić information content (AvgIpc) is 2.73. The van der Waals surface area contributed by atoms with Gasteiger partial charge in [-0.2, -0.15) is 0 Å². The molecule has 0 saturated heterocycles. The number of carbonyl (C=O) groups is 1. The molecule has 1 aliphatic rings. The van der Waals surface area contributed by atoms with E-state index < -0.39 is 0 Å². The predicted molar refractivity (Wildman–Crippen MR) is 108 cm³/mol. The fourth-order valence-electron chi connectivity index (χ4n) is 3.54. The van der Waals surface area contributed by atoms with Crippen molar-refractivity contribution in [3.8, 4) is 23.0 Å². The first-order valence-corrected chi connectivity index (χ1v) is 9.06. The second-order valence-corrected chi connectivity index (χ2v) is 6.58. The van der Waals surface area contributed by atoms with Gasteiger partial charge in [0.15, 0.2) is 0 Å². The van der Waals surface area contributed by atoms with Gasteiger partial charge in [-0.05, 0) is 29.8 Å². The number of methoxy groups -OCH3 is 2. The van der Waals surface area contributed by atoms with Crippen molar-refractivity contribution < 1.29 is 19.0 Å². The van der Waals surface area contributed by atoms with Gasteiger partial charge in [-0.3, -0.25) is 4.79 Å². The molecule has 1 N–H and O–H groups in total. The smallest absolute Gasteiger partial charge is 0.225 e. The highest BCUT2D eigenvalue weighted by Crippen LogP contribution is 2.45. The fraction of sp³-hybridized carbons (Fsp3) is 0.174. The summed E-state index contributed by atoms with van der Waals surface area (Å²) >= 11 is 0. The van der Waals surface area contributed by atoms with E-state index in [1.807, 2.05) is 66.7 Å². The lowest BCUT2D eigenvalue weighted by Crippen LogP contribution is -2.24. The molecule has 0 spiro atoms. The number of fused-ring (bicyclic) bond motifs is 1. The van der Waals surface area contributed by atoms with Gasteiger partial charge in [-0.15, -0.1) is 0 Å². The van der Waals surface area contributed by atoms with E-state index in [2.05, 4.69) is 5.32 Å². The van der Waals surface area contributed by atoms with Gasteiger partial charge < -0.3 is 19.5 Å². The molecule has 0 aliphatic carbocycles. The highest BCUT2D eigenvalue weighted by molar-refractivity contribution is 5.96. The number of amides is 1. The van der Waals surface area contributed by atoms with Crippen LogP contribution in [0.1, 0.15) is 23.5 Å². The standard InChI is InChI=1S/C23H21NO4/c1-26-18-12-20-23(21(13-18)27-2)19(14-22(25)24-20)15-7-6-10-17(11-15)28-16-8-4-3-5-9-16/h3-13,19H,14H2,1-2H3,(H,24,25)/t19-/m0/s1. The molecule has 5 heteroatoms. The molecular weight excluding hydrogens is 354 g/mol. The summed E-state index contributed by atoms with van der Waals surface area (Å²) in [5.74, 6) is 2.64. The Kier molecular flexibility index (Phi) is 4.89. The van der Waals surface area contributed by atoms with Crippen LogP contribution in [0.4, 0.5) is 5.69 Å². The summed E-state index contributed by atoms with van der Waals surface area (Å²) < 4.78 is 16.9. The second-order valence-electron chi connectivity index (χ2n) is 6.58. The molecular formula is C23H21NO4. The van der Waals surface area contributed by atoms with E-state index in [0.29, 0.717) is 23.6 Å². The van der Waals surface area contributed by atoms with Gasteiger partial charge in [0.05, 0.1) is 19.9 Å². The van der Waals surface area contributed by atoms with Crippen LogP contribution >= 0.6 is 0 Å². The Balaban J connectivity index is 1.74. The lowest BCUT2D eigenvalue weighted by molar-refractivity contribution is -0.116. The topological polar surface area (TPSA) is 56.8 Å². The van der Waals surface area contributed by atoms with E-state index in [1.165, 1.54) is 0 Å². The van der Waals surface area contributed by atoms with Crippen molar-refractivity contribution in [2.45, 2.75) is 12.3 Å². The lowest BCUT2D eigenvalue weighted by Gasteiger charge is -2.28. The number of para-hydroxylation sites is 1. The summed E-state index contributed by atoms with van der Waals surface area (Å²) in [6.45, 7) is 0. The van der Waals surface area contributed by atoms with Crippen LogP contribution < -0.4 is 19.5 Å². The van der Waals surface area contributed by atoms with Crippen LogP contribution in [0.25, 0.3) is 0 Å². The van der Waals surface area contributed by atoms with Gasteiger partial charge in [0.25, 0.3) is 0 Å². The number of rotatable bonds is 5. The van der Waals surface area contributed by atoms with Gasteiger partial charge in [0.1, 0.15) is 23.0 Å². The Morgan fingerprint density at radius 3 is 2.39 bits per heavy atom. The van der Waals surface area contributed by atoms with Gasteiger partial charge in [0, 0.05) is 30.0 Å². The van der Waals surface area contributed by atoms with E-state index >= 15 is 0 Å². The van der Waals surface area contributed by atoms with Crippen molar-refractivity contribution in [3.63, 3.8) is 0 Å². The molecule has 142 valence electrons. The third-order valence-corrected chi connectivity index (χ3v) is 4.82. The molecule has 0 aromatic heterocycles. The monoisotopic (exact) mass is 375 g/mol. The third kappa shape index (κ3) is 3.51. The van der Waals surface area contributed by atoms with Crippen LogP contribution in [0.3, 0.4) is 0 Å². The first-order chi connectivity index (χ1) is 13.7. The maximum absolute atomic E-state index is 12.4. The number of ether oxygens (including phenoxy) is 3. The van der Waals surface area contributed by atoms with Crippen molar-refractivity contribution >= 4 is 11.6 Å². The molecule has 3 aromatic rings. The SMILES string of the molecule is COc1cc2c(c(OC)c1)[C@H](c1cccc(Oc3ccccc3)c1)CC(=O)N2. The van der Waals surface area contributed by atoms with Crippen molar-refractivity contribution in [2.75, 3.05) is 19.5 Å². The number of hydrogen-bond donors (Lipinski definition) is 1. The Hall–Kier alpha value is -3.47. The van der Waals surface area contributed by atoms with Crippen LogP contribution in [0.2, 0.25) is 0 Å². The van der Waals surface area contributed by atoms with Crippen molar-refractivity contribution in [3.05, 3.63) is 77.9 Å². The average molecular weight is 375 g/mol. The van der Waals surface area contributed by atoms with Crippen LogP contribution in [0, 0.1) is 0 Å². The summed E-state index contributed by atoms with van der Waals surface area (Å²) in [4.78, 5) is 12.4. The predicted octanol–water partition coefficient (Wildman–Crippen LogP) is 4.97. The molecule has 1 heterocycles. The molecule has 0 fully saturated rings. The quantitative estimate of drug-likeness (QED) is 0.684. The van der Waals surface area contributed by atoms with E-state index in [9.17, 15) is 4.79 Å². The maximum Gasteiger partial charge on any atom is 0.225 e. The number of anilines is 1. The normalized spacial score (nSPS) is 15.4. The minimum absolute atomic E-state index is 0.0396. The first-order valence-electron chi connectivity index (χ1n) is 9.06. The van der Waals surface area contributed by atoms with E-state index in [4.69, 9.17) is 14.2 Å². The van der Waals surface area contributed by atoms with Gasteiger partial charge >= 0.3 is 0 Å². The molecule has 1 aliphatic heterocycles. The Morgan fingerprint density at radius 2 is 1.64 bits per heavy atom. The summed E-state index contributed by atoms with van der Waals surface area (Å²) in [6.07, 6.45) is 0.338. The second kappa shape index (κ2) is 7.64. The number of carbonyl (C=O) groups excluding carboxylic acids is 1. The summed E-state index contributed by atoms with van der Waals surface area (Å²) in [5, 5.41) is 2.93. The van der Waals surface area contributed by atoms with Gasteiger partial charge in [-0.1, -0.05) is 30.3 Å². The Labute approximate surface area is 163 Å². The Bertz CT molecular complexity index is 1000. The molecule has 1 amide bonds. The molecule has 3 aromatic carbocycles. The molecule has 28 heavy (non-hydrogen) atoms. The molecule has 0 unspecified atom stereocenters. The molecule has 0 bridgehead atoms. The first kappa shape index (κ1) is 17.9. The fourth-order valence-corrected chi connectivity index (χ4v) is 3.54. The van der Waals surface area contributed by atoms with E-state index in [-0.39, 0.29) is 11.8 Å². The minimum Gasteiger partial charge on any atom is -0.497 e. The lowest BCUT2D eigenvalue weighted by atomic mass is 9.84. The summed E-state index contributed by atoms with van der Waals surface area (Å²) in [5.41, 5.74) is 2.65.